The van der Waals surface area contributed by atoms with Gasteiger partial charge < -0.3 is 15.0 Å². The van der Waals surface area contributed by atoms with Crippen molar-refractivity contribution in [1.29, 1.82) is 0 Å². The summed E-state index contributed by atoms with van der Waals surface area (Å²) >= 11 is 0. The molecule has 0 saturated carbocycles. The number of hydrogen-bond acceptors (Lipinski definition) is 3. The Labute approximate surface area is 202 Å². The number of benzene rings is 3. The highest BCUT2D eigenvalue weighted by Gasteiger charge is 2.31. The largest absolute Gasteiger partial charge is 0.497 e. The van der Waals surface area contributed by atoms with E-state index in [0.29, 0.717) is 19.5 Å². The average Bonchev–Trinajstić information content (AvgIpc) is 2.87. The third kappa shape index (κ3) is 7.20. The van der Waals surface area contributed by atoms with E-state index in [0.717, 1.165) is 28.9 Å². The number of ether oxygens (including phenoxy) is 1. The molecule has 0 aromatic heterocycles. The Hall–Kier alpha value is -3.60. The third-order valence-electron chi connectivity index (χ3n) is 5.80. The van der Waals surface area contributed by atoms with Crippen LogP contribution in [0.5, 0.6) is 5.75 Å². The quantitative estimate of drug-likeness (QED) is 0.455. The maximum Gasteiger partial charge on any atom is 0.243 e. The summed E-state index contributed by atoms with van der Waals surface area (Å²) in [6.07, 6.45) is 1.19. The molecule has 0 spiro atoms. The monoisotopic (exact) mass is 458 g/mol. The lowest BCUT2D eigenvalue weighted by Gasteiger charge is -2.33. The van der Waals surface area contributed by atoms with E-state index in [4.69, 9.17) is 4.74 Å². The SMILES string of the molecule is COc1ccc(CN(C(=O)C(C)C)[C@@H](Cc2ccccc2)C(=O)NCCc2ccccc2)cc1. The fraction of sp³-hybridized carbons (Fsp3) is 0.310. The van der Waals surface area contributed by atoms with E-state index in [9.17, 15) is 9.59 Å². The van der Waals surface area contributed by atoms with Crippen molar-refractivity contribution in [3.8, 4) is 5.75 Å². The molecule has 3 aromatic rings. The molecule has 0 aliphatic rings. The molecule has 0 heterocycles. The minimum Gasteiger partial charge on any atom is -0.497 e. The number of carbonyl (C=O) groups is 2. The molecule has 0 fully saturated rings. The van der Waals surface area contributed by atoms with E-state index in [-0.39, 0.29) is 17.7 Å². The summed E-state index contributed by atoms with van der Waals surface area (Å²) in [5, 5.41) is 3.08. The van der Waals surface area contributed by atoms with E-state index >= 15 is 0 Å². The van der Waals surface area contributed by atoms with Crippen molar-refractivity contribution in [3.63, 3.8) is 0 Å². The van der Waals surface area contributed by atoms with Crippen molar-refractivity contribution in [1.82, 2.24) is 10.2 Å². The molecule has 2 amide bonds. The zero-order valence-corrected chi connectivity index (χ0v) is 20.2. The van der Waals surface area contributed by atoms with E-state index in [1.54, 1.807) is 12.0 Å². The minimum atomic E-state index is -0.616. The molecular formula is C29H34N2O3. The maximum atomic E-state index is 13.5. The van der Waals surface area contributed by atoms with Gasteiger partial charge in [0.1, 0.15) is 11.8 Å². The molecule has 5 heteroatoms. The zero-order chi connectivity index (χ0) is 24.3. The average molecular weight is 459 g/mol. The van der Waals surface area contributed by atoms with Crippen LogP contribution in [0.2, 0.25) is 0 Å². The van der Waals surface area contributed by atoms with Gasteiger partial charge in [0.05, 0.1) is 7.11 Å². The van der Waals surface area contributed by atoms with Crippen LogP contribution >= 0.6 is 0 Å². The number of carbonyl (C=O) groups excluding carboxylic acids is 2. The number of methoxy groups -OCH3 is 1. The highest BCUT2D eigenvalue weighted by atomic mass is 16.5. The highest BCUT2D eigenvalue weighted by Crippen LogP contribution is 2.19. The Morgan fingerprint density at radius 1 is 0.824 bits per heavy atom. The Bertz CT molecular complexity index is 1030. The Morgan fingerprint density at radius 2 is 1.41 bits per heavy atom. The van der Waals surface area contributed by atoms with Crippen LogP contribution in [-0.2, 0) is 29.0 Å². The second-order valence-electron chi connectivity index (χ2n) is 8.70. The van der Waals surface area contributed by atoms with Gasteiger partial charge in [-0.1, -0.05) is 86.6 Å². The lowest BCUT2D eigenvalue weighted by atomic mass is 10.0. The first-order chi connectivity index (χ1) is 16.5. The summed E-state index contributed by atoms with van der Waals surface area (Å²) < 4.78 is 5.26. The molecule has 1 N–H and O–H groups in total. The van der Waals surface area contributed by atoms with Gasteiger partial charge >= 0.3 is 0 Å². The van der Waals surface area contributed by atoms with E-state index < -0.39 is 6.04 Å². The fourth-order valence-electron chi connectivity index (χ4n) is 3.88. The first-order valence-corrected chi connectivity index (χ1v) is 11.8. The molecule has 0 unspecified atom stereocenters. The fourth-order valence-corrected chi connectivity index (χ4v) is 3.88. The number of rotatable bonds is 11. The van der Waals surface area contributed by atoms with E-state index in [2.05, 4.69) is 5.32 Å². The standard InChI is InChI=1S/C29H34N2O3/c1-22(2)29(33)31(21-25-14-16-26(34-3)17-15-25)27(20-24-12-8-5-9-13-24)28(32)30-19-18-23-10-6-4-7-11-23/h4-17,22,27H,18-21H2,1-3H3,(H,30,32)/t27-/m0/s1. The Balaban J connectivity index is 1.83. The topological polar surface area (TPSA) is 58.6 Å². The van der Waals surface area contributed by atoms with Crippen molar-refractivity contribution >= 4 is 11.8 Å². The van der Waals surface area contributed by atoms with Crippen LogP contribution in [0.25, 0.3) is 0 Å². The van der Waals surface area contributed by atoms with Gasteiger partial charge in [-0.05, 0) is 35.2 Å². The van der Waals surface area contributed by atoms with Crippen molar-refractivity contribution in [3.05, 3.63) is 102 Å². The molecule has 3 aromatic carbocycles. The Morgan fingerprint density at radius 3 is 1.97 bits per heavy atom. The number of nitrogens with zero attached hydrogens (tertiary/aromatic N) is 1. The van der Waals surface area contributed by atoms with E-state index in [1.165, 1.54) is 0 Å². The third-order valence-corrected chi connectivity index (χ3v) is 5.80. The summed E-state index contributed by atoms with van der Waals surface area (Å²) in [5.74, 6) is 0.343. The molecule has 1 atom stereocenters. The number of nitrogens with one attached hydrogen (secondary N) is 1. The lowest BCUT2D eigenvalue weighted by molar-refractivity contribution is -0.143. The van der Waals surface area contributed by atoms with Crippen molar-refractivity contribution < 1.29 is 14.3 Å². The normalized spacial score (nSPS) is 11.6. The van der Waals surface area contributed by atoms with Crippen LogP contribution < -0.4 is 10.1 Å². The van der Waals surface area contributed by atoms with Crippen molar-refractivity contribution in [2.24, 2.45) is 5.92 Å². The van der Waals surface area contributed by atoms with Gasteiger partial charge in [0.2, 0.25) is 11.8 Å². The molecule has 0 saturated heterocycles. The number of amides is 2. The lowest BCUT2D eigenvalue weighted by Crippen LogP contribution is -2.51. The second kappa shape index (κ2) is 12.6. The predicted octanol–water partition coefficient (Wildman–Crippen LogP) is 4.65. The maximum absolute atomic E-state index is 13.5. The van der Waals surface area contributed by atoms with E-state index in [1.807, 2.05) is 98.8 Å². The summed E-state index contributed by atoms with van der Waals surface area (Å²) in [4.78, 5) is 28.5. The minimum absolute atomic E-state index is 0.0463. The molecule has 0 bridgehead atoms. The van der Waals surface area contributed by atoms with Crippen molar-refractivity contribution in [2.75, 3.05) is 13.7 Å². The first kappa shape index (κ1) is 25.0. The summed E-state index contributed by atoms with van der Waals surface area (Å²) in [6.45, 7) is 4.61. The molecule has 34 heavy (non-hydrogen) atoms. The molecule has 5 nitrogen and oxygen atoms in total. The van der Waals surface area contributed by atoms with Crippen LogP contribution in [0.3, 0.4) is 0 Å². The van der Waals surface area contributed by atoms with Gasteiger partial charge in [-0.25, -0.2) is 0 Å². The van der Waals surface area contributed by atoms with Gasteiger partial charge in [0.25, 0.3) is 0 Å². The van der Waals surface area contributed by atoms with Crippen LogP contribution in [0.15, 0.2) is 84.9 Å². The molecule has 178 valence electrons. The van der Waals surface area contributed by atoms with Crippen LogP contribution in [0.4, 0.5) is 0 Å². The predicted molar refractivity (Wildman–Crippen MR) is 135 cm³/mol. The molecule has 3 rings (SSSR count). The van der Waals surface area contributed by atoms with Crippen LogP contribution in [0, 0.1) is 5.92 Å². The van der Waals surface area contributed by atoms with Gasteiger partial charge in [0, 0.05) is 25.4 Å². The Kier molecular flexibility index (Phi) is 9.27. The van der Waals surface area contributed by atoms with Gasteiger partial charge in [0.15, 0.2) is 0 Å². The summed E-state index contributed by atoms with van der Waals surface area (Å²) in [7, 11) is 1.62. The van der Waals surface area contributed by atoms with Gasteiger partial charge in [-0.2, -0.15) is 0 Å². The van der Waals surface area contributed by atoms with Crippen LogP contribution in [0.1, 0.15) is 30.5 Å². The van der Waals surface area contributed by atoms with Gasteiger partial charge in [-0.3, -0.25) is 9.59 Å². The second-order valence-corrected chi connectivity index (χ2v) is 8.70. The molecule has 0 radical (unpaired) electrons. The molecular weight excluding hydrogens is 424 g/mol. The summed E-state index contributed by atoms with van der Waals surface area (Å²) in [6, 6.07) is 26.9. The summed E-state index contributed by atoms with van der Waals surface area (Å²) in [5.41, 5.74) is 3.13. The highest BCUT2D eigenvalue weighted by molar-refractivity contribution is 5.88. The van der Waals surface area contributed by atoms with Gasteiger partial charge in [-0.15, -0.1) is 0 Å². The zero-order valence-electron chi connectivity index (χ0n) is 20.2. The van der Waals surface area contributed by atoms with Crippen molar-refractivity contribution in [2.45, 2.75) is 39.3 Å². The number of hydrogen-bond donors (Lipinski definition) is 1. The molecule has 0 aliphatic heterocycles. The van der Waals surface area contributed by atoms with Crippen LogP contribution in [-0.4, -0.2) is 36.4 Å². The first-order valence-electron chi connectivity index (χ1n) is 11.8. The molecule has 0 aliphatic carbocycles. The smallest absolute Gasteiger partial charge is 0.243 e.